The standard InChI is InChI=1S/C13H17N3O2/c1-16-10-11(9-15-16)8-14-12-2-4-13(5-3-12)18-7-6-17/h2-5,9-10,14,17H,6-8H2,1H3. The normalized spacial score (nSPS) is 10.3. The van der Waals surface area contributed by atoms with Gasteiger partial charge in [-0.3, -0.25) is 4.68 Å². The van der Waals surface area contributed by atoms with Crippen molar-refractivity contribution < 1.29 is 9.84 Å². The lowest BCUT2D eigenvalue weighted by atomic mass is 10.3. The molecule has 1 aromatic carbocycles. The number of rotatable bonds is 6. The number of ether oxygens (including phenoxy) is 1. The fourth-order valence-corrected chi connectivity index (χ4v) is 1.60. The third-order valence-corrected chi connectivity index (χ3v) is 2.47. The molecule has 0 aliphatic carbocycles. The van der Waals surface area contributed by atoms with Crippen molar-refractivity contribution in [3.05, 3.63) is 42.2 Å². The third-order valence-electron chi connectivity index (χ3n) is 2.47. The number of aryl methyl sites for hydroxylation is 1. The van der Waals surface area contributed by atoms with E-state index in [1.54, 1.807) is 4.68 Å². The molecule has 2 N–H and O–H groups in total. The molecule has 0 saturated carbocycles. The molecule has 1 aromatic heterocycles. The number of hydrogen-bond donors (Lipinski definition) is 2. The van der Waals surface area contributed by atoms with E-state index in [9.17, 15) is 0 Å². The number of aromatic nitrogens is 2. The van der Waals surface area contributed by atoms with E-state index in [2.05, 4.69) is 10.4 Å². The molecule has 0 atom stereocenters. The van der Waals surface area contributed by atoms with Crippen molar-refractivity contribution >= 4 is 5.69 Å². The first-order valence-electron chi connectivity index (χ1n) is 5.83. The second-order valence-corrected chi connectivity index (χ2v) is 3.97. The number of hydrogen-bond acceptors (Lipinski definition) is 4. The van der Waals surface area contributed by atoms with Crippen molar-refractivity contribution in [1.82, 2.24) is 9.78 Å². The molecule has 0 fully saturated rings. The van der Waals surface area contributed by atoms with Crippen LogP contribution < -0.4 is 10.1 Å². The average molecular weight is 247 g/mol. The minimum Gasteiger partial charge on any atom is -0.491 e. The van der Waals surface area contributed by atoms with Gasteiger partial charge in [0.25, 0.3) is 0 Å². The van der Waals surface area contributed by atoms with Crippen LogP contribution in [-0.4, -0.2) is 28.1 Å². The summed E-state index contributed by atoms with van der Waals surface area (Å²) in [4.78, 5) is 0. The Morgan fingerprint density at radius 2 is 2.11 bits per heavy atom. The van der Waals surface area contributed by atoms with Crippen LogP contribution in [0.4, 0.5) is 5.69 Å². The molecule has 5 heteroatoms. The van der Waals surface area contributed by atoms with Crippen molar-refractivity contribution in [2.45, 2.75) is 6.54 Å². The second-order valence-electron chi connectivity index (χ2n) is 3.97. The van der Waals surface area contributed by atoms with Gasteiger partial charge in [-0.05, 0) is 24.3 Å². The lowest BCUT2D eigenvalue weighted by Gasteiger charge is -2.07. The molecule has 2 rings (SSSR count). The van der Waals surface area contributed by atoms with Gasteiger partial charge in [-0.1, -0.05) is 0 Å². The van der Waals surface area contributed by atoms with Gasteiger partial charge < -0.3 is 15.2 Å². The van der Waals surface area contributed by atoms with Crippen molar-refractivity contribution in [1.29, 1.82) is 0 Å². The number of aliphatic hydroxyl groups excluding tert-OH is 1. The van der Waals surface area contributed by atoms with Crippen LogP contribution in [0.25, 0.3) is 0 Å². The first kappa shape index (κ1) is 12.4. The summed E-state index contributed by atoms with van der Waals surface area (Å²) in [6.07, 6.45) is 3.82. The summed E-state index contributed by atoms with van der Waals surface area (Å²) in [7, 11) is 1.90. The smallest absolute Gasteiger partial charge is 0.119 e. The fourth-order valence-electron chi connectivity index (χ4n) is 1.60. The van der Waals surface area contributed by atoms with E-state index in [-0.39, 0.29) is 6.61 Å². The SMILES string of the molecule is Cn1cc(CNc2ccc(OCCO)cc2)cn1. The Morgan fingerprint density at radius 3 is 2.72 bits per heavy atom. The van der Waals surface area contributed by atoms with E-state index in [4.69, 9.17) is 9.84 Å². The van der Waals surface area contributed by atoms with E-state index < -0.39 is 0 Å². The van der Waals surface area contributed by atoms with E-state index in [1.807, 2.05) is 43.7 Å². The van der Waals surface area contributed by atoms with E-state index in [0.29, 0.717) is 6.61 Å². The maximum atomic E-state index is 8.65. The zero-order valence-electron chi connectivity index (χ0n) is 10.3. The van der Waals surface area contributed by atoms with Crippen LogP contribution in [-0.2, 0) is 13.6 Å². The van der Waals surface area contributed by atoms with Gasteiger partial charge in [0.2, 0.25) is 0 Å². The molecule has 0 saturated heterocycles. The zero-order valence-corrected chi connectivity index (χ0v) is 10.3. The van der Waals surface area contributed by atoms with Crippen LogP contribution in [0.2, 0.25) is 0 Å². The second kappa shape index (κ2) is 6.07. The summed E-state index contributed by atoms with van der Waals surface area (Å²) < 4.78 is 7.07. The highest BCUT2D eigenvalue weighted by Crippen LogP contribution is 2.16. The summed E-state index contributed by atoms with van der Waals surface area (Å²) in [6, 6.07) is 7.65. The molecule has 96 valence electrons. The van der Waals surface area contributed by atoms with Crippen LogP contribution in [0.5, 0.6) is 5.75 Å². The molecule has 0 unspecified atom stereocenters. The lowest BCUT2D eigenvalue weighted by Crippen LogP contribution is -2.02. The average Bonchev–Trinajstić information content (AvgIpc) is 2.81. The first-order chi connectivity index (χ1) is 8.78. The largest absolute Gasteiger partial charge is 0.491 e. The molecule has 0 amide bonds. The van der Waals surface area contributed by atoms with Crippen LogP contribution in [0, 0.1) is 0 Å². The minimum absolute atomic E-state index is 0.0288. The quantitative estimate of drug-likeness (QED) is 0.810. The minimum atomic E-state index is 0.0288. The molecule has 0 aliphatic heterocycles. The van der Waals surface area contributed by atoms with Gasteiger partial charge in [-0.2, -0.15) is 5.10 Å². The van der Waals surface area contributed by atoms with Gasteiger partial charge in [0.05, 0.1) is 12.8 Å². The molecule has 0 aliphatic rings. The Hall–Kier alpha value is -2.01. The summed E-state index contributed by atoms with van der Waals surface area (Å²) in [5.41, 5.74) is 2.16. The molecule has 5 nitrogen and oxygen atoms in total. The fraction of sp³-hybridized carbons (Fsp3) is 0.308. The number of benzene rings is 1. The maximum absolute atomic E-state index is 8.65. The molecule has 0 bridgehead atoms. The summed E-state index contributed by atoms with van der Waals surface area (Å²) in [5, 5.41) is 16.1. The number of nitrogens with zero attached hydrogens (tertiary/aromatic N) is 2. The molecular formula is C13H17N3O2. The van der Waals surface area contributed by atoms with Crippen molar-refractivity contribution in [3.63, 3.8) is 0 Å². The molecule has 18 heavy (non-hydrogen) atoms. The Balaban J connectivity index is 1.86. The highest BCUT2D eigenvalue weighted by atomic mass is 16.5. The Kier molecular flexibility index (Phi) is 4.20. The van der Waals surface area contributed by atoms with Crippen molar-refractivity contribution in [2.24, 2.45) is 7.05 Å². The van der Waals surface area contributed by atoms with Gasteiger partial charge in [-0.15, -0.1) is 0 Å². The highest BCUT2D eigenvalue weighted by Gasteiger charge is 1.97. The number of nitrogens with one attached hydrogen (secondary N) is 1. The van der Waals surface area contributed by atoms with E-state index in [1.165, 1.54) is 0 Å². The van der Waals surface area contributed by atoms with Crippen molar-refractivity contribution in [3.8, 4) is 5.75 Å². The highest BCUT2D eigenvalue weighted by molar-refractivity contribution is 5.46. The Bertz CT molecular complexity index is 479. The van der Waals surface area contributed by atoms with Gasteiger partial charge in [0.15, 0.2) is 0 Å². The summed E-state index contributed by atoms with van der Waals surface area (Å²) in [6.45, 7) is 1.09. The maximum Gasteiger partial charge on any atom is 0.119 e. The van der Waals surface area contributed by atoms with Crippen LogP contribution >= 0.6 is 0 Å². The molecule has 0 radical (unpaired) electrons. The zero-order chi connectivity index (χ0) is 12.8. The molecular weight excluding hydrogens is 230 g/mol. The summed E-state index contributed by atoms with van der Waals surface area (Å²) >= 11 is 0. The Morgan fingerprint density at radius 1 is 1.33 bits per heavy atom. The van der Waals surface area contributed by atoms with Gasteiger partial charge in [0.1, 0.15) is 12.4 Å². The van der Waals surface area contributed by atoms with Crippen LogP contribution in [0.15, 0.2) is 36.7 Å². The number of aliphatic hydroxyl groups is 1. The monoisotopic (exact) mass is 247 g/mol. The predicted molar refractivity (Wildman–Crippen MR) is 69.6 cm³/mol. The van der Waals surface area contributed by atoms with Gasteiger partial charge in [0, 0.05) is 31.0 Å². The van der Waals surface area contributed by atoms with Crippen molar-refractivity contribution in [2.75, 3.05) is 18.5 Å². The summed E-state index contributed by atoms with van der Waals surface area (Å²) in [5.74, 6) is 0.760. The number of anilines is 1. The van der Waals surface area contributed by atoms with Crippen LogP contribution in [0.3, 0.4) is 0 Å². The molecule has 1 heterocycles. The predicted octanol–water partition coefficient (Wildman–Crippen LogP) is 1.40. The topological polar surface area (TPSA) is 59.3 Å². The molecule has 0 spiro atoms. The van der Waals surface area contributed by atoms with E-state index in [0.717, 1.165) is 23.5 Å². The third kappa shape index (κ3) is 3.49. The first-order valence-corrected chi connectivity index (χ1v) is 5.83. The van der Waals surface area contributed by atoms with Gasteiger partial charge >= 0.3 is 0 Å². The molecule has 2 aromatic rings. The van der Waals surface area contributed by atoms with Gasteiger partial charge in [-0.25, -0.2) is 0 Å². The lowest BCUT2D eigenvalue weighted by molar-refractivity contribution is 0.201. The van der Waals surface area contributed by atoms with E-state index >= 15 is 0 Å². The van der Waals surface area contributed by atoms with Crippen LogP contribution in [0.1, 0.15) is 5.56 Å². The Labute approximate surface area is 106 Å².